The number of benzene rings is 2. The minimum atomic E-state index is -4.66. The Morgan fingerprint density at radius 3 is 2.31 bits per heavy atom. The molecule has 0 radical (unpaired) electrons. The number of nitrogens with zero attached hydrogens (tertiary/aromatic N) is 2. The molecule has 0 saturated heterocycles. The summed E-state index contributed by atoms with van der Waals surface area (Å²) in [6.07, 6.45) is -4.66. The molecule has 8 heteroatoms. The number of nitrogens with one attached hydrogen (secondary N) is 1. The summed E-state index contributed by atoms with van der Waals surface area (Å²) in [6.45, 7) is 0. The molecule has 0 aliphatic heterocycles. The van der Waals surface area contributed by atoms with Crippen LogP contribution >= 0.6 is 11.6 Å². The lowest BCUT2D eigenvalue weighted by atomic mass is 10.1. The smallest absolute Gasteiger partial charge is 0.320 e. The maximum absolute atomic E-state index is 13.1. The molecule has 1 heterocycles. The van der Waals surface area contributed by atoms with Gasteiger partial charge in [0.1, 0.15) is 0 Å². The molecule has 0 atom stereocenters. The molecule has 1 amide bonds. The van der Waals surface area contributed by atoms with E-state index in [0.717, 1.165) is 17.7 Å². The molecule has 2 aromatic carbocycles. The summed E-state index contributed by atoms with van der Waals surface area (Å²) in [6, 6.07) is 15.2. The molecule has 0 spiro atoms. The average Bonchev–Trinajstić information content (AvgIpc) is 2.63. The van der Waals surface area contributed by atoms with E-state index in [-0.39, 0.29) is 10.7 Å². The van der Waals surface area contributed by atoms with Crippen LogP contribution < -0.4 is 5.32 Å². The molecule has 0 saturated carbocycles. The summed E-state index contributed by atoms with van der Waals surface area (Å²) < 4.78 is 39.3. The number of amides is 1. The topological polar surface area (TPSA) is 54.9 Å². The first kappa shape index (κ1) is 17.9. The zero-order chi connectivity index (χ0) is 18.7. The molecule has 0 bridgehead atoms. The summed E-state index contributed by atoms with van der Waals surface area (Å²) in [7, 11) is 0. The van der Waals surface area contributed by atoms with Crippen LogP contribution in [-0.2, 0) is 6.18 Å². The first-order valence-corrected chi connectivity index (χ1v) is 7.79. The van der Waals surface area contributed by atoms with Crippen LogP contribution in [0.5, 0.6) is 0 Å². The molecule has 4 nitrogen and oxygen atoms in total. The second-order valence-electron chi connectivity index (χ2n) is 5.31. The van der Waals surface area contributed by atoms with E-state index in [0.29, 0.717) is 5.69 Å². The Bertz CT molecular complexity index is 929. The van der Waals surface area contributed by atoms with Crippen molar-refractivity contribution in [2.45, 2.75) is 6.18 Å². The van der Waals surface area contributed by atoms with Gasteiger partial charge in [-0.3, -0.25) is 4.79 Å². The van der Waals surface area contributed by atoms with Crippen molar-refractivity contribution in [1.29, 1.82) is 0 Å². The third kappa shape index (κ3) is 4.00. The highest BCUT2D eigenvalue weighted by atomic mass is 35.5. The minimum absolute atomic E-state index is 0.0812. The number of hydrogen-bond acceptors (Lipinski definition) is 3. The molecule has 0 unspecified atom stereocenters. The van der Waals surface area contributed by atoms with Gasteiger partial charge in [0.15, 0.2) is 5.69 Å². The van der Waals surface area contributed by atoms with E-state index in [1.54, 1.807) is 6.07 Å². The quantitative estimate of drug-likeness (QED) is 0.693. The van der Waals surface area contributed by atoms with Crippen LogP contribution in [-0.4, -0.2) is 16.1 Å². The Morgan fingerprint density at radius 2 is 1.69 bits per heavy atom. The monoisotopic (exact) mass is 377 g/mol. The summed E-state index contributed by atoms with van der Waals surface area (Å²) in [5.74, 6) is -0.801. The fourth-order valence-electron chi connectivity index (χ4n) is 2.26. The molecule has 3 rings (SSSR count). The van der Waals surface area contributed by atoms with Gasteiger partial charge in [0.25, 0.3) is 5.91 Å². The molecular formula is C18H11ClF3N3O. The molecule has 0 aliphatic rings. The first-order chi connectivity index (χ1) is 12.3. The lowest BCUT2D eigenvalue weighted by molar-refractivity contribution is -0.136. The fourth-order valence-corrected chi connectivity index (χ4v) is 2.43. The number of halogens is 4. The summed E-state index contributed by atoms with van der Waals surface area (Å²) in [4.78, 5) is 12.2. The Labute approximate surface area is 151 Å². The zero-order valence-electron chi connectivity index (χ0n) is 13.1. The number of rotatable bonds is 3. The van der Waals surface area contributed by atoms with Crippen LogP contribution in [0.1, 0.15) is 16.1 Å². The summed E-state index contributed by atoms with van der Waals surface area (Å²) in [5, 5.41) is 9.85. The van der Waals surface area contributed by atoms with Crippen LogP contribution in [0.4, 0.5) is 18.9 Å². The van der Waals surface area contributed by atoms with Crippen LogP contribution in [0.15, 0.2) is 60.7 Å². The van der Waals surface area contributed by atoms with Gasteiger partial charge in [0.2, 0.25) is 0 Å². The Kier molecular flexibility index (Phi) is 4.90. The van der Waals surface area contributed by atoms with Gasteiger partial charge in [-0.2, -0.15) is 13.2 Å². The van der Waals surface area contributed by atoms with Gasteiger partial charge < -0.3 is 5.32 Å². The number of anilines is 1. The number of carbonyl (C=O) groups is 1. The van der Waals surface area contributed by atoms with E-state index >= 15 is 0 Å². The van der Waals surface area contributed by atoms with E-state index in [1.165, 1.54) is 12.1 Å². The molecule has 1 aromatic heterocycles. The Hall–Kier alpha value is -2.93. The van der Waals surface area contributed by atoms with Gasteiger partial charge in [0, 0.05) is 10.6 Å². The minimum Gasteiger partial charge on any atom is -0.320 e. The van der Waals surface area contributed by atoms with E-state index in [9.17, 15) is 18.0 Å². The van der Waals surface area contributed by atoms with Crippen LogP contribution in [0.2, 0.25) is 5.02 Å². The maximum Gasteiger partial charge on any atom is 0.418 e. The lowest BCUT2D eigenvalue weighted by Gasteiger charge is -2.14. The van der Waals surface area contributed by atoms with Crippen LogP contribution in [0.3, 0.4) is 0 Å². The standard InChI is InChI=1S/C18H11ClF3N3O/c19-12-6-7-15(13(10-12)18(20,21)22)23-17(26)16-9-8-14(24-25-16)11-4-2-1-3-5-11/h1-10H,(H,23,26). The van der Waals surface area contributed by atoms with Gasteiger partial charge in [-0.15, -0.1) is 10.2 Å². The Balaban J connectivity index is 1.83. The largest absolute Gasteiger partial charge is 0.418 e. The van der Waals surface area contributed by atoms with Gasteiger partial charge in [-0.05, 0) is 30.3 Å². The van der Waals surface area contributed by atoms with Crippen molar-refractivity contribution in [2.24, 2.45) is 0 Å². The first-order valence-electron chi connectivity index (χ1n) is 7.42. The zero-order valence-corrected chi connectivity index (χ0v) is 13.8. The molecule has 0 fully saturated rings. The molecule has 1 N–H and O–H groups in total. The second kappa shape index (κ2) is 7.13. The van der Waals surface area contributed by atoms with Gasteiger partial charge in [-0.1, -0.05) is 41.9 Å². The molecule has 132 valence electrons. The number of alkyl halides is 3. The van der Waals surface area contributed by atoms with Crippen molar-refractivity contribution in [2.75, 3.05) is 5.32 Å². The number of carbonyl (C=O) groups excluding carboxylic acids is 1. The van der Waals surface area contributed by atoms with Gasteiger partial charge >= 0.3 is 6.18 Å². The average molecular weight is 378 g/mol. The van der Waals surface area contributed by atoms with Crippen molar-refractivity contribution in [3.8, 4) is 11.3 Å². The highest BCUT2D eigenvalue weighted by Gasteiger charge is 2.34. The van der Waals surface area contributed by atoms with Crippen molar-refractivity contribution in [3.63, 3.8) is 0 Å². The third-order valence-corrected chi connectivity index (χ3v) is 3.74. The van der Waals surface area contributed by atoms with Gasteiger partial charge in [-0.25, -0.2) is 0 Å². The number of aromatic nitrogens is 2. The highest BCUT2D eigenvalue weighted by molar-refractivity contribution is 6.30. The van der Waals surface area contributed by atoms with E-state index in [1.807, 2.05) is 30.3 Å². The SMILES string of the molecule is O=C(Nc1ccc(Cl)cc1C(F)(F)F)c1ccc(-c2ccccc2)nn1. The summed E-state index contributed by atoms with van der Waals surface area (Å²) >= 11 is 5.62. The molecule has 26 heavy (non-hydrogen) atoms. The van der Waals surface area contributed by atoms with E-state index in [4.69, 9.17) is 11.6 Å². The normalized spacial score (nSPS) is 11.2. The van der Waals surface area contributed by atoms with Crippen LogP contribution in [0.25, 0.3) is 11.3 Å². The van der Waals surface area contributed by atoms with E-state index < -0.39 is 23.3 Å². The summed E-state index contributed by atoms with van der Waals surface area (Å²) in [5.41, 5.74) is -0.186. The fraction of sp³-hybridized carbons (Fsp3) is 0.0556. The van der Waals surface area contributed by atoms with Crippen molar-refractivity contribution in [3.05, 3.63) is 76.9 Å². The predicted octanol–water partition coefficient (Wildman–Crippen LogP) is 5.07. The second-order valence-corrected chi connectivity index (χ2v) is 5.75. The predicted molar refractivity (Wildman–Crippen MR) is 91.9 cm³/mol. The van der Waals surface area contributed by atoms with Gasteiger partial charge in [0.05, 0.1) is 16.9 Å². The molecule has 3 aromatic rings. The highest BCUT2D eigenvalue weighted by Crippen LogP contribution is 2.36. The Morgan fingerprint density at radius 1 is 0.962 bits per heavy atom. The van der Waals surface area contributed by atoms with E-state index in [2.05, 4.69) is 15.5 Å². The maximum atomic E-state index is 13.1. The van der Waals surface area contributed by atoms with Crippen molar-refractivity contribution >= 4 is 23.2 Å². The van der Waals surface area contributed by atoms with Crippen LogP contribution in [0, 0.1) is 0 Å². The lowest BCUT2D eigenvalue weighted by Crippen LogP contribution is -2.18. The molecule has 0 aliphatic carbocycles. The van der Waals surface area contributed by atoms with Crippen molar-refractivity contribution < 1.29 is 18.0 Å². The van der Waals surface area contributed by atoms with Crippen molar-refractivity contribution in [1.82, 2.24) is 10.2 Å². The molecular weight excluding hydrogens is 367 g/mol. The number of hydrogen-bond donors (Lipinski definition) is 1. The third-order valence-electron chi connectivity index (χ3n) is 3.50.